The van der Waals surface area contributed by atoms with Crippen molar-refractivity contribution < 1.29 is 9.59 Å². The zero-order valence-electron chi connectivity index (χ0n) is 16.5. The summed E-state index contributed by atoms with van der Waals surface area (Å²) in [5.74, 6) is 5.26. The molecule has 1 aromatic heterocycles. The average Bonchev–Trinajstić information content (AvgIpc) is 3.14. The largest absolute Gasteiger partial charge is 0.382 e. The molecule has 0 unspecified atom stereocenters. The number of nitrogens with one attached hydrogen (secondary N) is 2. The molecular formula is C23H21N5O2. The predicted octanol–water partition coefficient (Wildman–Crippen LogP) is 2.76. The summed E-state index contributed by atoms with van der Waals surface area (Å²) in [6.45, 7) is 2.52. The molecule has 0 saturated heterocycles. The van der Waals surface area contributed by atoms with Crippen LogP contribution in [0.25, 0.3) is 16.8 Å². The third kappa shape index (κ3) is 3.89. The number of rotatable bonds is 3. The second-order valence-electron chi connectivity index (χ2n) is 6.91. The fraction of sp³-hybridized carbons (Fsp3) is 0.174. The number of benzene rings is 2. The van der Waals surface area contributed by atoms with E-state index in [1.165, 1.54) is 0 Å². The molecule has 30 heavy (non-hydrogen) atoms. The van der Waals surface area contributed by atoms with E-state index in [-0.39, 0.29) is 11.8 Å². The third-order valence-corrected chi connectivity index (χ3v) is 4.83. The van der Waals surface area contributed by atoms with Gasteiger partial charge in [-0.1, -0.05) is 31.0 Å². The molecule has 0 bridgehead atoms. The van der Waals surface area contributed by atoms with Crippen molar-refractivity contribution in [3.63, 3.8) is 0 Å². The number of aromatic nitrogens is 2. The van der Waals surface area contributed by atoms with E-state index in [2.05, 4.69) is 27.6 Å². The van der Waals surface area contributed by atoms with Crippen LogP contribution in [-0.4, -0.2) is 28.1 Å². The minimum absolute atomic E-state index is 0.0473. The lowest BCUT2D eigenvalue weighted by Gasteiger charge is -2.17. The van der Waals surface area contributed by atoms with Crippen molar-refractivity contribution in [2.24, 2.45) is 0 Å². The minimum atomic E-state index is -0.354. The molecule has 2 amide bonds. The van der Waals surface area contributed by atoms with Gasteiger partial charge in [0.15, 0.2) is 5.82 Å². The molecule has 0 fully saturated rings. The van der Waals surface area contributed by atoms with Gasteiger partial charge in [0.2, 0.25) is 0 Å². The van der Waals surface area contributed by atoms with Crippen molar-refractivity contribution >= 4 is 23.3 Å². The van der Waals surface area contributed by atoms with Crippen molar-refractivity contribution in [2.75, 3.05) is 17.6 Å². The van der Waals surface area contributed by atoms with E-state index >= 15 is 0 Å². The molecule has 0 radical (unpaired) electrons. The molecule has 1 aliphatic heterocycles. The van der Waals surface area contributed by atoms with Gasteiger partial charge in [0, 0.05) is 36.0 Å². The second-order valence-corrected chi connectivity index (χ2v) is 6.91. The molecule has 2 aromatic carbocycles. The minimum Gasteiger partial charge on any atom is -0.382 e. The van der Waals surface area contributed by atoms with Gasteiger partial charge in [0.1, 0.15) is 0 Å². The van der Waals surface area contributed by atoms with Gasteiger partial charge in [-0.05, 0) is 47.7 Å². The Labute approximate surface area is 174 Å². The maximum atomic E-state index is 12.0. The first-order valence-electron chi connectivity index (χ1n) is 9.72. The first-order valence-corrected chi connectivity index (χ1v) is 9.72. The summed E-state index contributed by atoms with van der Waals surface area (Å²) < 4.78 is 1.67. The summed E-state index contributed by atoms with van der Waals surface area (Å²) >= 11 is 0. The number of carbonyl (C=O) groups is 2. The van der Waals surface area contributed by atoms with Crippen molar-refractivity contribution in [1.82, 2.24) is 15.1 Å². The highest BCUT2D eigenvalue weighted by Gasteiger charge is 2.18. The summed E-state index contributed by atoms with van der Waals surface area (Å²) in [7, 11) is 0. The highest BCUT2D eigenvalue weighted by molar-refractivity contribution is 6.04. The lowest BCUT2D eigenvalue weighted by Crippen LogP contribution is -2.31. The SMILES string of the molecule is CCC#CC(=O)Nc1cccc(-n2cc(-c3ccc4c(c3)CCNC4=O)c(N)n2)c1. The van der Waals surface area contributed by atoms with E-state index in [1.807, 2.05) is 43.5 Å². The maximum absolute atomic E-state index is 12.0. The number of nitrogen functional groups attached to an aromatic ring is 1. The molecule has 0 spiro atoms. The molecule has 3 aromatic rings. The Morgan fingerprint density at radius 1 is 1.27 bits per heavy atom. The molecule has 4 rings (SSSR count). The molecule has 0 saturated carbocycles. The van der Waals surface area contributed by atoms with Crippen LogP contribution in [0.4, 0.5) is 11.5 Å². The van der Waals surface area contributed by atoms with Gasteiger partial charge in [-0.25, -0.2) is 4.68 Å². The van der Waals surface area contributed by atoms with Crippen LogP contribution in [0.1, 0.15) is 29.3 Å². The Hall–Kier alpha value is -4.05. The molecule has 0 aliphatic carbocycles. The first-order chi connectivity index (χ1) is 14.5. The van der Waals surface area contributed by atoms with Crippen molar-refractivity contribution in [2.45, 2.75) is 19.8 Å². The van der Waals surface area contributed by atoms with E-state index < -0.39 is 0 Å². The topological polar surface area (TPSA) is 102 Å². The maximum Gasteiger partial charge on any atom is 0.300 e. The van der Waals surface area contributed by atoms with Crippen LogP contribution in [-0.2, 0) is 11.2 Å². The summed E-state index contributed by atoms with van der Waals surface area (Å²) in [5.41, 5.74) is 11.0. The van der Waals surface area contributed by atoms with Crippen molar-refractivity contribution in [1.29, 1.82) is 0 Å². The zero-order valence-corrected chi connectivity index (χ0v) is 16.5. The number of hydrogen-bond donors (Lipinski definition) is 3. The van der Waals surface area contributed by atoms with Crippen LogP contribution in [0.3, 0.4) is 0 Å². The molecule has 2 heterocycles. The number of fused-ring (bicyclic) bond motifs is 1. The van der Waals surface area contributed by atoms with Gasteiger partial charge >= 0.3 is 0 Å². The average molecular weight is 399 g/mol. The van der Waals surface area contributed by atoms with Crippen LogP contribution < -0.4 is 16.4 Å². The number of nitrogens with zero attached hydrogens (tertiary/aromatic N) is 2. The molecule has 4 N–H and O–H groups in total. The molecule has 0 atom stereocenters. The van der Waals surface area contributed by atoms with Gasteiger partial charge < -0.3 is 16.4 Å². The molecule has 150 valence electrons. The van der Waals surface area contributed by atoms with Gasteiger partial charge in [-0.2, -0.15) is 5.10 Å². The van der Waals surface area contributed by atoms with Crippen molar-refractivity contribution in [3.8, 4) is 28.7 Å². The highest BCUT2D eigenvalue weighted by atomic mass is 16.2. The quantitative estimate of drug-likeness (QED) is 0.590. The number of carbonyl (C=O) groups excluding carboxylic acids is 2. The number of amides is 2. The first kappa shape index (κ1) is 19.3. The molecular weight excluding hydrogens is 378 g/mol. The fourth-order valence-electron chi connectivity index (χ4n) is 3.39. The highest BCUT2D eigenvalue weighted by Crippen LogP contribution is 2.29. The monoisotopic (exact) mass is 399 g/mol. The number of nitrogens with two attached hydrogens (primary N) is 1. The summed E-state index contributed by atoms with van der Waals surface area (Å²) in [4.78, 5) is 23.8. The van der Waals surface area contributed by atoms with Crippen LogP contribution in [0.2, 0.25) is 0 Å². The Bertz CT molecular complexity index is 1200. The van der Waals surface area contributed by atoms with E-state index in [1.54, 1.807) is 16.8 Å². The number of hydrogen-bond acceptors (Lipinski definition) is 4. The zero-order chi connectivity index (χ0) is 21.1. The Morgan fingerprint density at radius 2 is 2.13 bits per heavy atom. The summed E-state index contributed by atoms with van der Waals surface area (Å²) in [6, 6.07) is 13.0. The fourth-order valence-corrected chi connectivity index (χ4v) is 3.39. The van der Waals surface area contributed by atoms with Crippen LogP contribution in [0.15, 0.2) is 48.7 Å². The lowest BCUT2D eigenvalue weighted by molar-refractivity contribution is -0.111. The van der Waals surface area contributed by atoms with Crippen LogP contribution >= 0.6 is 0 Å². The Kier molecular flexibility index (Phi) is 5.22. The van der Waals surface area contributed by atoms with Crippen molar-refractivity contribution in [3.05, 3.63) is 59.8 Å². The van der Waals surface area contributed by atoms with Crippen LogP contribution in [0.5, 0.6) is 0 Å². The normalized spacial score (nSPS) is 12.4. The van der Waals surface area contributed by atoms with Gasteiger partial charge in [-0.15, -0.1) is 0 Å². The van der Waals surface area contributed by atoms with E-state index in [0.717, 1.165) is 28.8 Å². The van der Waals surface area contributed by atoms with Crippen LogP contribution in [0, 0.1) is 11.8 Å². The van der Waals surface area contributed by atoms with E-state index in [9.17, 15) is 9.59 Å². The van der Waals surface area contributed by atoms with Gasteiger partial charge in [-0.3, -0.25) is 9.59 Å². The van der Waals surface area contributed by atoms with E-state index in [4.69, 9.17) is 5.73 Å². The van der Waals surface area contributed by atoms with E-state index in [0.29, 0.717) is 30.0 Å². The summed E-state index contributed by atoms with van der Waals surface area (Å²) in [6.07, 6.45) is 3.25. The second kappa shape index (κ2) is 8.13. The van der Waals surface area contributed by atoms with Gasteiger partial charge in [0.05, 0.1) is 5.69 Å². The third-order valence-electron chi connectivity index (χ3n) is 4.83. The Balaban J connectivity index is 1.63. The molecule has 1 aliphatic rings. The number of anilines is 2. The molecule has 7 heteroatoms. The summed E-state index contributed by atoms with van der Waals surface area (Å²) in [5, 5.41) is 10.0. The predicted molar refractivity (Wildman–Crippen MR) is 116 cm³/mol. The Morgan fingerprint density at radius 3 is 2.97 bits per heavy atom. The standard InChI is InChI=1S/C23H21N5O2/c1-2-3-7-21(29)26-17-5-4-6-18(13-17)28-14-20(22(24)27-28)15-8-9-19-16(12-15)10-11-25-23(19)30/h4-6,8-9,12-14H,2,10-11H2,1H3,(H2,24,27)(H,25,30)(H,26,29). The van der Waals surface area contributed by atoms with Gasteiger partial charge in [0.25, 0.3) is 11.8 Å². The lowest BCUT2D eigenvalue weighted by atomic mass is 9.96. The smallest absolute Gasteiger partial charge is 0.300 e. The molecule has 7 nitrogen and oxygen atoms in total.